The molecule has 1 unspecified atom stereocenters. The zero-order valence-electron chi connectivity index (χ0n) is 8.61. The fourth-order valence-electron chi connectivity index (χ4n) is 2.31. The third-order valence-electron chi connectivity index (χ3n) is 3.14. The summed E-state index contributed by atoms with van der Waals surface area (Å²) in [5.74, 6) is 0. The minimum absolute atomic E-state index is 0.495. The number of nitrogens with one attached hydrogen (secondary N) is 1. The molecule has 0 radical (unpaired) electrons. The Morgan fingerprint density at radius 2 is 2.07 bits per heavy atom. The summed E-state index contributed by atoms with van der Waals surface area (Å²) in [7, 11) is 0. The van der Waals surface area contributed by atoms with Gasteiger partial charge in [0.15, 0.2) is 0 Å². The van der Waals surface area contributed by atoms with Crippen molar-refractivity contribution in [2.24, 2.45) is 0 Å². The maximum absolute atomic E-state index is 3.60. The van der Waals surface area contributed by atoms with Crippen LogP contribution in [0.1, 0.15) is 23.6 Å². The fourth-order valence-corrected chi connectivity index (χ4v) is 2.31. The molecule has 1 heterocycles. The van der Waals surface area contributed by atoms with Crippen LogP contribution >= 0.6 is 0 Å². The molecule has 1 atom stereocenters. The zero-order chi connectivity index (χ0) is 10.1. The predicted octanol–water partition coefficient (Wildman–Crippen LogP) is 3.50. The van der Waals surface area contributed by atoms with Gasteiger partial charge in [0.2, 0.25) is 0 Å². The van der Waals surface area contributed by atoms with Crippen LogP contribution in [-0.4, -0.2) is 0 Å². The average Bonchev–Trinajstić information content (AvgIpc) is 2.82. The molecule has 1 aliphatic rings. The van der Waals surface area contributed by atoms with Crippen LogP contribution in [0.3, 0.4) is 0 Å². The highest BCUT2D eigenvalue weighted by atomic mass is 14.9. The summed E-state index contributed by atoms with van der Waals surface area (Å²) in [6, 6.07) is 17.7. The first-order chi connectivity index (χ1) is 7.43. The number of hydrogen-bond donors (Lipinski definition) is 1. The Hall–Kier alpha value is -1.63. The molecule has 1 N–H and O–H groups in total. The van der Waals surface area contributed by atoms with Crippen molar-refractivity contribution in [3.05, 3.63) is 59.7 Å². The van der Waals surface area contributed by atoms with E-state index >= 15 is 0 Å². The average molecular weight is 196 g/mol. The van der Waals surface area contributed by atoms with Crippen molar-refractivity contribution in [1.29, 1.82) is 0 Å². The lowest BCUT2D eigenvalue weighted by Gasteiger charge is -2.28. The summed E-state index contributed by atoms with van der Waals surface area (Å²) in [4.78, 5) is 0. The van der Waals surface area contributed by atoms with Gasteiger partial charge in [-0.05, 0) is 24.5 Å². The number of aryl methyl sites for hydroxylation is 1. The van der Waals surface area contributed by atoms with Gasteiger partial charge < -0.3 is 5.32 Å². The van der Waals surface area contributed by atoms with E-state index < -0.39 is 0 Å². The van der Waals surface area contributed by atoms with Crippen LogP contribution < -0.4 is 5.32 Å². The highest BCUT2D eigenvalue weighted by molar-refractivity contribution is 5.54. The number of rotatable bonds is 1. The van der Waals surface area contributed by atoms with Gasteiger partial charge in [-0.25, -0.2) is 12.1 Å². The highest BCUT2D eigenvalue weighted by Gasteiger charge is 2.15. The lowest BCUT2D eigenvalue weighted by atomic mass is 9.95. The molecule has 0 aliphatic carbocycles. The Morgan fingerprint density at radius 1 is 1.13 bits per heavy atom. The molecule has 0 fully saturated rings. The molecule has 1 heteroatoms. The first kappa shape index (κ1) is 8.66. The standard InChI is InChI=1S/C14H14N/c1-2-6-11(5-1)14-10-9-12-7-3-4-8-13(12)15-14/h1-8,14-15H,9-10H2/q-1. The lowest BCUT2D eigenvalue weighted by Crippen LogP contribution is -2.17. The van der Waals surface area contributed by atoms with E-state index in [9.17, 15) is 0 Å². The second-order valence-electron chi connectivity index (χ2n) is 4.11. The molecule has 3 rings (SSSR count). The second kappa shape index (κ2) is 3.50. The van der Waals surface area contributed by atoms with Crippen LogP contribution in [0.4, 0.5) is 5.69 Å². The van der Waals surface area contributed by atoms with E-state index in [0.717, 1.165) is 0 Å². The fraction of sp³-hybridized carbons (Fsp3) is 0.214. The Bertz CT molecular complexity index is 442. The third-order valence-corrected chi connectivity index (χ3v) is 3.14. The first-order valence-electron chi connectivity index (χ1n) is 5.49. The normalized spacial score (nSPS) is 19.3. The highest BCUT2D eigenvalue weighted by Crippen LogP contribution is 2.32. The molecular weight excluding hydrogens is 182 g/mol. The van der Waals surface area contributed by atoms with Gasteiger partial charge in [-0.1, -0.05) is 18.2 Å². The van der Waals surface area contributed by atoms with Crippen LogP contribution in [-0.2, 0) is 6.42 Å². The number of anilines is 1. The van der Waals surface area contributed by atoms with E-state index in [0.29, 0.717) is 6.04 Å². The summed E-state index contributed by atoms with van der Waals surface area (Å²) in [5, 5.41) is 3.60. The van der Waals surface area contributed by atoms with Gasteiger partial charge in [0.1, 0.15) is 0 Å². The van der Waals surface area contributed by atoms with Gasteiger partial charge in [-0.2, -0.15) is 12.1 Å². The van der Waals surface area contributed by atoms with Crippen molar-refractivity contribution in [3.8, 4) is 0 Å². The maximum atomic E-state index is 3.60. The van der Waals surface area contributed by atoms with Crippen molar-refractivity contribution in [2.75, 3.05) is 5.32 Å². The maximum Gasteiger partial charge on any atom is 0.0376 e. The summed E-state index contributed by atoms with van der Waals surface area (Å²) >= 11 is 0. The monoisotopic (exact) mass is 196 g/mol. The Morgan fingerprint density at radius 3 is 2.93 bits per heavy atom. The summed E-state index contributed by atoms with van der Waals surface area (Å²) in [5.41, 5.74) is 4.15. The Kier molecular flexibility index (Phi) is 2.02. The quantitative estimate of drug-likeness (QED) is 0.688. The van der Waals surface area contributed by atoms with Gasteiger partial charge in [-0.15, -0.1) is 5.56 Å². The summed E-state index contributed by atoms with van der Waals surface area (Å²) < 4.78 is 0. The van der Waals surface area contributed by atoms with E-state index in [1.54, 1.807) is 0 Å². The predicted molar refractivity (Wildman–Crippen MR) is 63.2 cm³/mol. The lowest BCUT2D eigenvalue weighted by molar-refractivity contribution is 0.669. The van der Waals surface area contributed by atoms with Crippen molar-refractivity contribution in [1.82, 2.24) is 0 Å². The Balaban J connectivity index is 1.89. The van der Waals surface area contributed by atoms with E-state index in [1.165, 1.54) is 29.7 Å². The van der Waals surface area contributed by atoms with Crippen LogP contribution in [0.5, 0.6) is 0 Å². The van der Waals surface area contributed by atoms with Crippen molar-refractivity contribution in [2.45, 2.75) is 18.9 Å². The van der Waals surface area contributed by atoms with Crippen LogP contribution in [0, 0.1) is 0 Å². The van der Waals surface area contributed by atoms with E-state index in [-0.39, 0.29) is 0 Å². The Labute approximate surface area is 90.1 Å². The van der Waals surface area contributed by atoms with Gasteiger partial charge in [0.05, 0.1) is 0 Å². The molecule has 2 aromatic rings. The number of fused-ring (bicyclic) bond motifs is 1. The number of hydrogen-bond acceptors (Lipinski definition) is 1. The van der Waals surface area contributed by atoms with Crippen LogP contribution in [0.25, 0.3) is 0 Å². The minimum Gasteiger partial charge on any atom is -0.380 e. The van der Waals surface area contributed by atoms with Gasteiger partial charge >= 0.3 is 0 Å². The van der Waals surface area contributed by atoms with Crippen LogP contribution in [0.15, 0.2) is 48.5 Å². The smallest absolute Gasteiger partial charge is 0.0376 e. The molecule has 0 saturated heterocycles. The molecule has 2 aromatic carbocycles. The topological polar surface area (TPSA) is 12.0 Å². The largest absolute Gasteiger partial charge is 0.380 e. The van der Waals surface area contributed by atoms with E-state index in [4.69, 9.17) is 0 Å². The third kappa shape index (κ3) is 1.54. The first-order valence-corrected chi connectivity index (χ1v) is 5.49. The zero-order valence-corrected chi connectivity index (χ0v) is 8.61. The van der Waals surface area contributed by atoms with Crippen molar-refractivity contribution < 1.29 is 0 Å². The molecule has 0 spiro atoms. The summed E-state index contributed by atoms with van der Waals surface area (Å²) in [6.45, 7) is 0. The van der Waals surface area contributed by atoms with E-state index in [2.05, 4.69) is 53.8 Å². The molecule has 76 valence electrons. The molecule has 15 heavy (non-hydrogen) atoms. The molecule has 1 nitrogen and oxygen atoms in total. The molecule has 0 amide bonds. The molecule has 0 aromatic heterocycles. The second-order valence-corrected chi connectivity index (χ2v) is 4.11. The van der Waals surface area contributed by atoms with Gasteiger partial charge in [-0.3, -0.25) is 0 Å². The number of benzene rings is 1. The molecule has 0 bridgehead atoms. The summed E-state index contributed by atoms with van der Waals surface area (Å²) in [6.07, 6.45) is 2.38. The van der Waals surface area contributed by atoms with Crippen LogP contribution in [0.2, 0.25) is 0 Å². The molecule has 1 aliphatic heterocycles. The van der Waals surface area contributed by atoms with Gasteiger partial charge in [0, 0.05) is 11.7 Å². The van der Waals surface area contributed by atoms with Gasteiger partial charge in [0.25, 0.3) is 0 Å². The van der Waals surface area contributed by atoms with Crippen molar-refractivity contribution in [3.63, 3.8) is 0 Å². The minimum atomic E-state index is 0.495. The van der Waals surface area contributed by atoms with Crippen molar-refractivity contribution >= 4 is 5.69 Å². The SMILES string of the molecule is c1c[cH-]c(C2CCc3ccccc3N2)c1. The molecule has 0 saturated carbocycles. The molecular formula is C14H14N-. The number of para-hydroxylation sites is 1. The van der Waals surface area contributed by atoms with E-state index in [1.807, 2.05) is 0 Å².